The number of anilines is 1. The number of nitrogens with zero attached hydrogens (tertiary/aromatic N) is 4. The topological polar surface area (TPSA) is 44.3 Å². The predicted molar refractivity (Wildman–Crippen MR) is 81.0 cm³/mol. The number of hydrogen-bond acceptors (Lipinski definition) is 5. The van der Waals surface area contributed by atoms with Gasteiger partial charge in [-0.15, -0.1) is 0 Å². The summed E-state index contributed by atoms with van der Waals surface area (Å²) in [5, 5.41) is 3.43. The van der Waals surface area contributed by atoms with Crippen molar-refractivity contribution in [3.8, 4) is 0 Å². The van der Waals surface area contributed by atoms with Crippen LogP contribution in [0.2, 0.25) is 0 Å². The van der Waals surface area contributed by atoms with Crippen LogP contribution in [0.5, 0.6) is 0 Å². The first-order valence-corrected chi connectivity index (χ1v) is 7.89. The van der Waals surface area contributed by atoms with Gasteiger partial charge in [-0.2, -0.15) is 0 Å². The summed E-state index contributed by atoms with van der Waals surface area (Å²) in [7, 11) is 0. The smallest absolute Gasteiger partial charge is 0.225 e. The molecule has 2 aliphatic rings. The molecule has 0 saturated carbocycles. The lowest BCUT2D eigenvalue weighted by atomic mass is 10.1. The third-order valence-corrected chi connectivity index (χ3v) is 4.16. The highest BCUT2D eigenvalue weighted by Crippen LogP contribution is 2.19. The summed E-state index contributed by atoms with van der Waals surface area (Å²) in [4.78, 5) is 14.3. The first kappa shape index (κ1) is 13.8. The minimum absolute atomic E-state index is 0.927. The van der Waals surface area contributed by atoms with Crippen LogP contribution in [0.4, 0.5) is 5.95 Å². The normalized spacial score (nSPS) is 20.6. The molecule has 5 heteroatoms. The summed E-state index contributed by atoms with van der Waals surface area (Å²) in [5.41, 5.74) is 2.58. The number of aromatic nitrogens is 2. The zero-order valence-corrected chi connectivity index (χ0v) is 12.4. The summed E-state index contributed by atoms with van der Waals surface area (Å²) < 4.78 is 0. The van der Waals surface area contributed by atoms with Gasteiger partial charge in [0.1, 0.15) is 0 Å². The molecule has 3 heterocycles. The van der Waals surface area contributed by atoms with Crippen LogP contribution in [0.1, 0.15) is 31.0 Å². The molecule has 0 bridgehead atoms. The molecular weight excluding hydrogens is 250 g/mol. The minimum Gasteiger partial charge on any atom is -0.339 e. The molecule has 1 N–H and O–H groups in total. The number of fused-ring (bicyclic) bond motifs is 1. The van der Waals surface area contributed by atoms with E-state index in [9.17, 15) is 0 Å². The van der Waals surface area contributed by atoms with Crippen LogP contribution in [0.25, 0.3) is 0 Å². The second-order valence-corrected chi connectivity index (χ2v) is 5.76. The molecule has 0 aliphatic carbocycles. The Morgan fingerprint density at radius 3 is 3.10 bits per heavy atom. The van der Waals surface area contributed by atoms with E-state index in [1.807, 2.05) is 0 Å². The Morgan fingerprint density at radius 1 is 1.25 bits per heavy atom. The first-order valence-electron chi connectivity index (χ1n) is 7.89. The average molecular weight is 275 g/mol. The van der Waals surface area contributed by atoms with Crippen LogP contribution < -0.4 is 10.2 Å². The fourth-order valence-corrected chi connectivity index (χ4v) is 3.07. The van der Waals surface area contributed by atoms with E-state index in [2.05, 4.69) is 33.2 Å². The zero-order chi connectivity index (χ0) is 13.8. The Labute approximate surface area is 121 Å². The maximum absolute atomic E-state index is 4.83. The van der Waals surface area contributed by atoms with Crippen LogP contribution in [0, 0.1) is 0 Å². The van der Waals surface area contributed by atoms with Gasteiger partial charge in [-0.3, -0.25) is 4.90 Å². The molecule has 1 saturated heterocycles. The molecule has 0 aromatic carbocycles. The van der Waals surface area contributed by atoms with Crippen molar-refractivity contribution in [2.45, 2.75) is 32.7 Å². The quantitative estimate of drug-likeness (QED) is 0.893. The Kier molecular flexibility index (Phi) is 4.47. The maximum Gasteiger partial charge on any atom is 0.225 e. The van der Waals surface area contributed by atoms with Crippen LogP contribution in [-0.2, 0) is 13.0 Å². The molecule has 1 aromatic heterocycles. The Hall–Kier alpha value is -1.20. The summed E-state index contributed by atoms with van der Waals surface area (Å²) in [5.74, 6) is 0.927. The molecule has 110 valence electrons. The molecule has 20 heavy (non-hydrogen) atoms. The highest BCUT2D eigenvalue weighted by Gasteiger charge is 2.19. The number of hydrogen-bond donors (Lipinski definition) is 1. The average Bonchev–Trinajstić information content (AvgIpc) is 2.76. The van der Waals surface area contributed by atoms with Gasteiger partial charge in [0.15, 0.2) is 0 Å². The largest absolute Gasteiger partial charge is 0.339 e. The van der Waals surface area contributed by atoms with Gasteiger partial charge in [-0.25, -0.2) is 9.97 Å². The molecule has 1 aromatic rings. The Balaban J connectivity index is 1.73. The second-order valence-electron chi connectivity index (χ2n) is 5.76. The van der Waals surface area contributed by atoms with Crippen LogP contribution in [0.15, 0.2) is 6.20 Å². The van der Waals surface area contributed by atoms with E-state index >= 15 is 0 Å². The zero-order valence-electron chi connectivity index (χ0n) is 12.4. The summed E-state index contributed by atoms with van der Waals surface area (Å²) in [6.45, 7) is 9.79. The highest BCUT2D eigenvalue weighted by atomic mass is 15.3. The van der Waals surface area contributed by atoms with Crippen molar-refractivity contribution in [2.24, 2.45) is 0 Å². The van der Waals surface area contributed by atoms with E-state index < -0.39 is 0 Å². The molecule has 2 aliphatic heterocycles. The molecule has 0 atom stereocenters. The SMILES string of the molecule is CCCN1CCc2nc(N3CCCNCC3)ncc2C1. The lowest BCUT2D eigenvalue weighted by molar-refractivity contribution is 0.252. The van der Waals surface area contributed by atoms with Crippen LogP contribution >= 0.6 is 0 Å². The standard InChI is InChI=1S/C15H25N5/c1-2-7-19-9-4-14-13(12-19)11-17-15(18-14)20-8-3-5-16-6-10-20/h11,16H,2-10,12H2,1H3. The Morgan fingerprint density at radius 2 is 2.20 bits per heavy atom. The van der Waals surface area contributed by atoms with Crippen molar-refractivity contribution in [3.05, 3.63) is 17.5 Å². The van der Waals surface area contributed by atoms with Gasteiger partial charge in [0.25, 0.3) is 0 Å². The third-order valence-electron chi connectivity index (χ3n) is 4.16. The maximum atomic E-state index is 4.83. The van der Waals surface area contributed by atoms with Gasteiger partial charge in [-0.05, 0) is 25.9 Å². The lowest BCUT2D eigenvalue weighted by Crippen LogP contribution is -2.33. The molecule has 0 spiro atoms. The molecule has 5 nitrogen and oxygen atoms in total. The van der Waals surface area contributed by atoms with Gasteiger partial charge in [0.05, 0.1) is 5.69 Å². The Bertz CT molecular complexity index is 440. The van der Waals surface area contributed by atoms with E-state index in [4.69, 9.17) is 4.98 Å². The fourth-order valence-electron chi connectivity index (χ4n) is 3.07. The summed E-state index contributed by atoms with van der Waals surface area (Å²) in [6.07, 6.45) is 5.51. The summed E-state index contributed by atoms with van der Waals surface area (Å²) >= 11 is 0. The van der Waals surface area contributed by atoms with E-state index in [0.717, 1.165) is 51.6 Å². The third kappa shape index (κ3) is 3.10. The van der Waals surface area contributed by atoms with Gasteiger partial charge in [-0.1, -0.05) is 6.92 Å². The summed E-state index contributed by atoms with van der Waals surface area (Å²) in [6, 6.07) is 0. The van der Waals surface area contributed by atoms with E-state index in [1.54, 1.807) is 0 Å². The molecule has 1 fully saturated rings. The molecular formula is C15H25N5. The van der Waals surface area contributed by atoms with E-state index in [-0.39, 0.29) is 0 Å². The number of nitrogens with one attached hydrogen (secondary N) is 1. The number of rotatable bonds is 3. The van der Waals surface area contributed by atoms with E-state index in [1.165, 1.54) is 30.6 Å². The molecule has 0 unspecified atom stereocenters. The van der Waals surface area contributed by atoms with Gasteiger partial charge in [0, 0.05) is 50.9 Å². The molecule has 0 amide bonds. The lowest BCUT2D eigenvalue weighted by Gasteiger charge is -2.28. The van der Waals surface area contributed by atoms with Crippen molar-refractivity contribution < 1.29 is 0 Å². The van der Waals surface area contributed by atoms with Crippen molar-refractivity contribution >= 4 is 5.95 Å². The molecule has 0 radical (unpaired) electrons. The van der Waals surface area contributed by atoms with Crippen LogP contribution in [-0.4, -0.2) is 54.1 Å². The first-order chi connectivity index (χ1) is 9.86. The predicted octanol–water partition coefficient (Wildman–Crippen LogP) is 1.04. The van der Waals surface area contributed by atoms with Crippen molar-refractivity contribution in [1.29, 1.82) is 0 Å². The van der Waals surface area contributed by atoms with Crippen molar-refractivity contribution in [2.75, 3.05) is 44.2 Å². The van der Waals surface area contributed by atoms with Gasteiger partial charge in [0.2, 0.25) is 5.95 Å². The highest BCUT2D eigenvalue weighted by molar-refractivity contribution is 5.34. The fraction of sp³-hybridized carbons (Fsp3) is 0.733. The van der Waals surface area contributed by atoms with Gasteiger partial charge < -0.3 is 10.2 Å². The monoisotopic (exact) mass is 275 g/mol. The van der Waals surface area contributed by atoms with Crippen LogP contribution in [0.3, 0.4) is 0 Å². The van der Waals surface area contributed by atoms with Crippen molar-refractivity contribution in [1.82, 2.24) is 20.2 Å². The van der Waals surface area contributed by atoms with Crippen molar-refractivity contribution in [3.63, 3.8) is 0 Å². The second kappa shape index (κ2) is 6.50. The minimum atomic E-state index is 0.927. The molecule has 3 rings (SSSR count). The van der Waals surface area contributed by atoms with E-state index in [0.29, 0.717) is 0 Å². The van der Waals surface area contributed by atoms with Gasteiger partial charge >= 0.3 is 0 Å².